The van der Waals surface area contributed by atoms with E-state index in [1.165, 1.54) is 18.2 Å². The smallest absolute Gasteiger partial charge is 0.289 e. The summed E-state index contributed by atoms with van der Waals surface area (Å²) in [7, 11) is 0. The molecule has 1 aromatic heterocycles. The van der Waals surface area contributed by atoms with E-state index < -0.39 is 11.7 Å². The van der Waals surface area contributed by atoms with Crippen molar-refractivity contribution >= 4 is 17.5 Å². The molecule has 0 spiro atoms. The van der Waals surface area contributed by atoms with Gasteiger partial charge in [0.05, 0.1) is 5.69 Å². The molecule has 1 N–H and O–H groups in total. The van der Waals surface area contributed by atoms with Crippen molar-refractivity contribution in [2.45, 2.75) is 39.7 Å². The van der Waals surface area contributed by atoms with E-state index >= 15 is 0 Å². The highest BCUT2D eigenvalue weighted by Crippen LogP contribution is 2.23. The number of imidazole rings is 1. The van der Waals surface area contributed by atoms with Crippen LogP contribution in [-0.2, 0) is 13.0 Å². The van der Waals surface area contributed by atoms with Crippen LogP contribution in [0.2, 0.25) is 0 Å². The number of benzene rings is 1. The van der Waals surface area contributed by atoms with Gasteiger partial charge >= 0.3 is 0 Å². The molecule has 2 aromatic rings. The van der Waals surface area contributed by atoms with Gasteiger partial charge in [0.1, 0.15) is 5.82 Å². The molecule has 0 unspecified atom stereocenters. The summed E-state index contributed by atoms with van der Waals surface area (Å²) < 4.78 is 15.2. The van der Waals surface area contributed by atoms with Crippen molar-refractivity contribution in [1.29, 1.82) is 0 Å². The van der Waals surface area contributed by atoms with Gasteiger partial charge in [-0.25, -0.2) is 9.37 Å². The SMILES string of the molecule is CCN(CC)C(=O)c1nc(C(=O)Nc2cccc(F)c2)c2n1CCCC2. The molecule has 1 aromatic carbocycles. The summed E-state index contributed by atoms with van der Waals surface area (Å²) in [5.41, 5.74) is 1.40. The molecule has 2 heterocycles. The van der Waals surface area contributed by atoms with Crippen LogP contribution >= 0.6 is 0 Å². The highest BCUT2D eigenvalue weighted by molar-refractivity contribution is 6.05. The van der Waals surface area contributed by atoms with E-state index in [9.17, 15) is 14.0 Å². The zero-order chi connectivity index (χ0) is 18.7. The molecule has 0 atom stereocenters. The van der Waals surface area contributed by atoms with Crippen LogP contribution in [-0.4, -0.2) is 39.4 Å². The number of fused-ring (bicyclic) bond motifs is 1. The Balaban J connectivity index is 1.94. The number of nitrogens with zero attached hydrogens (tertiary/aromatic N) is 3. The van der Waals surface area contributed by atoms with Crippen molar-refractivity contribution in [2.75, 3.05) is 18.4 Å². The lowest BCUT2D eigenvalue weighted by atomic mass is 10.1. The molecule has 0 aliphatic carbocycles. The van der Waals surface area contributed by atoms with Crippen molar-refractivity contribution in [3.05, 3.63) is 47.3 Å². The maximum Gasteiger partial charge on any atom is 0.289 e. The lowest BCUT2D eigenvalue weighted by Crippen LogP contribution is -2.33. The Labute approximate surface area is 152 Å². The lowest BCUT2D eigenvalue weighted by molar-refractivity contribution is 0.0754. The average molecular weight is 358 g/mol. The van der Waals surface area contributed by atoms with Crippen LogP contribution < -0.4 is 5.32 Å². The minimum Gasteiger partial charge on any atom is -0.337 e. The average Bonchev–Trinajstić information content (AvgIpc) is 3.02. The summed E-state index contributed by atoms with van der Waals surface area (Å²) >= 11 is 0. The number of halogens is 1. The van der Waals surface area contributed by atoms with E-state index in [4.69, 9.17) is 0 Å². The van der Waals surface area contributed by atoms with Gasteiger partial charge in [0.25, 0.3) is 11.8 Å². The van der Waals surface area contributed by atoms with E-state index in [-0.39, 0.29) is 11.6 Å². The topological polar surface area (TPSA) is 67.2 Å². The molecule has 0 saturated heterocycles. The Hall–Kier alpha value is -2.70. The molecule has 7 heteroatoms. The molecule has 1 aliphatic heterocycles. The van der Waals surface area contributed by atoms with Gasteiger partial charge in [0, 0.05) is 25.3 Å². The number of nitrogens with one attached hydrogen (secondary N) is 1. The van der Waals surface area contributed by atoms with Crippen LogP contribution in [0.15, 0.2) is 24.3 Å². The van der Waals surface area contributed by atoms with Crippen LogP contribution in [0.1, 0.15) is 53.5 Å². The first-order chi connectivity index (χ1) is 12.5. The fourth-order valence-electron chi connectivity index (χ4n) is 3.30. The van der Waals surface area contributed by atoms with Crippen molar-refractivity contribution in [3.63, 3.8) is 0 Å². The maximum absolute atomic E-state index is 13.3. The second-order valence-electron chi connectivity index (χ2n) is 6.28. The third kappa shape index (κ3) is 3.47. The van der Waals surface area contributed by atoms with Gasteiger partial charge in [-0.1, -0.05) is 6.07 Å². The molecule has 3 rings (SSSR count). The standard InChI is InChI=1S/C19H23FN4O2/c1-3-23(4-2)19(26)17-22-16(15-10-5-6-11-24(15)17)18(25)21-14-9-7-8-13(20)12-14/h7-9,12H,3-6,10-11H2,1-2H3,(H,21,25). The van der Waals surface area contributed by atoms with E-state index in [1.807, 2.05) is 18.4 Å². The number of hydrogen-bond donors (Lipinski definition) is 1. The second kappa shape index (κ2) is 7.68. The third-order valence-corrected chi connectivity index (χ3v) is 4.66. The molecule has 0 radical (unpaired) electrons. The van der Waals surface area contributed by atoms with Gasteiger partial charge < -0.3 is 14.8 Å². The van der Waals surface area contributed by atoms with Crippen LogP contribution in [0.4, 0.5) is 10.1 Å². The molecule has 0 bridgehead atoms. The number of carbonyl (C=O) groups is 2. The van der Waals surface area contributed by atoms with Gasteiger partial charge in [-0.3, -0.25) is 9.59 Å². The minimum absolute atomic E-state index is 0.164. The van der Waals surface area contributed by atoms with Gasteiger partial charge in [-0.05, 0) is 51.3 Å². The molecule has 2 amide bonds. The molecule has 1 aliphatic rings. The highest BCUT2D eigenvalue weighted by atomic mass is 19.1. The summed E-state index contributed by atoms with van der Waals surface area (Å²) in [5, 5.41) is 2.68. The van der Waals surface area contributed by atoms with Crippen molar-refractivity contribution < 1.29 is 14.0 Å². The molecule has 138 valence electrons. The van der Waals surface area contributed by atoms with E-state index in [1.54, 1.807) is 11.0 Å². The summed E-state index contributed by atoms with van der Waals surface area (Å²) in [6.45, 7) is 5.68. The minimum atomic E-state index is -0.424. The highest BCUT2D eigenvalue weighted by Gasteiger charge is 2.29. The first-order valence-electron chi connectivity index (χ1n) is 9.00. The van der Waals surface area contributed by atoms with Crippen molar-refractivity contribution in [2.24, 2.45) is 0 Å². The number of rotatable bonds is 5. The van der Waals surface area contributed by atoms with Crippen LogP contribution in [0, 0.1) is 5.82 Å². The van der Waals surface area contributed by atoms with E-state index in [0.717, 1.165) is 18.5 Å². The monoisotopic (exact) mass is 358 g/mol. The first-order valence-corrected chi connectivity index (χ1v) is 9.00. The zero-order valence-electron chi connectivity index (χ0n) is 15.1. The predicted molar refractivity (Wildman–Crippen MR) is 96.8 cm³/mol. The first kappa shape index (κ1) is 18.1. The van der Waals surface area contributed by atoms with Crippen LogP contribution in [0.25, 0.3) is 0 Å². The Morgan fingerprint density at radius 1 is 1.27 bits per heavy atom. The Bertz CT molecular complexity index is 827. The Morgan fingerprint density at radius 3 is 2.73 bits per heavy atom. The van der Waals surface area contributed by atoms with Gasteiger partial charge in [0.2, 0.25) is 0 Å². The second-order valence-corrected chi connectivity index (χ2v) is 6.28. The van der Waals surface area contributed by atoms with Crippen LogP contribution in [0.5, 0.6) is 0 Å². The van der Waals surface area contributed by atoms with E-state index in [0.29, 0.717) is 37.6 Å². The van der Waals surface area contributed by atoms with E-state index in [2.05, 4.69) is 10.3 Å². The van der Waals surface area contributed by atoms with Gasteiger partial charge in [-0.2, -0.15) is 0 Å². The fraction of sp³-hybridized carbons (Fsp3) is 0.421. The molecular weight excluding hydrogens is 335 g/mol. The van der Waals surface area contributed by atoms with Crippen molar-refractivity contribution in [1.82, 2.24) is 14.5 Å². The molecule has 26 heavy (non-hydrogen) atoms. The Kier molecular flexibility index (Phi) is 5.35. The number of hydrogen-bond acceptors (Lipinski definition) is 3. The van der Waals surface area contributed by atoms with Crippen LogP contribution in [0.3, 0.4) is 0 Å². The van der Waals surface area contributed by atoms with Crippen molar-refractivity contribution in [3.8, 4) is 0 Å². The summed E-state index contributed by atoms with van der Waals surface area (Å²) in [5.74, 6) is -0.692. The Morgan fingerprint density at radius 2 is 2.04 bits per heavy atom. The quantitative estimate of drug-likeness (QED) is 0.893. The lowest BCUT2D eigenvalue weighted by Gasteiger charge is -2.21. The zero-order valence-corrected chi connectivity index (χ0v) is 15.1. The normalized spacial score (nSPS) is 13.2. The molecule has 6 nitrogen and oxygen atoms in total. The molecular formula is C19H23FN4O2. The number of anilines is 1. The number of carbonyl (C=O) groups excluding carboxylic acids is 2. The van der Waals surface area contributed by atoms with Gasteiger partial charge in [-0.15, -0.1) is 0 Å². The maximum atomic E-state index is 13.3. The summed E-state index contributed by atoms with van der Waals surface area (Å²) in [6.07, 6.45) is 2.60. The summed E-state index contributed by atoms with van der Waals surface area (Å²) in [4.78, 5) is 31.6. The van der Waals surface area contributed by atoms with Gasteiger partial charge in [0.15, 0.2) is 11.5 Å². The fourth-order valence-corrected chi connectivity index (χ4v) is 3.30. The molecule has 0 saturated carbocycles. The predicted octanol–water partition coefficient (Wildman–Crippen LogP) is 3.09. The third-order valence-electron chi connectivity index (χ3n) is 4.66. The summed E-state index contributed by atoms with van der Waals surface area (Å²) in [6, 6.07) is 5.71. The molecule has 0 fully saturated rings. The number of aromatic nitrogens is 2. The number of amides is 2. The largest absolute Gasteiger partial charge is 0.337 e.